The highest BCUT2D eigenvalue weighted by atomic mass is 32.2. The van der Waals surface area contributed by atoms with Gasteiger partial charge in [-0.05, 0) is 31.4 Å². The van der Waals surface area contributed by atoms with Crippen LogP contribution >= 0.6 is 0 Å². The summed E-state index contributed by atoms with van der Waals surface area (Å²) in [7, 11) is -3.95. The molecule has 1 aliphatic carbocycles. The highest BCUT2D eigenvalue weighted by Gasteiger charge is 2.32. The summed E-state index contributed by atoms with van der Waals surface area (Å²) in [6.07, 6.45) is 6.12. The zero-order chi connectivity index (χ0) is 20.1. The van der Waals surface area contributed by atoms with Crippen molar-refractivity contribution in [2.24, 2.45) is 5.92 Å². The average Bonchev–Trinajstić information content (AvgIpc) is 2.72. The largest absolute Gasteiger partial charge is 0.455 e. The summed E-state index contributed by atoms with van der Waals surface area (Å²) in [6, 6.07) is 5.22. The van der Waals surface area contributed by atoms with Gasteiger partial charge in [0.05, 0.1) is 5.92 Å². The number of ether oxygens (including phenoxy) is 1. The Bertz CT molecular complexity index is 863. The third kappa shape index (κ3) is 4.59. The van der Waals surface area contributed by atoms with E-state index in [1.54, 1.807) is 0 Å². The Hall–Kier alpha value is -2.26. The molecule has 152 valence electrons. The van der Waals surface area contributed by atoms with E-state index in [0.29, 0.717) is 6.42 Å². The van der Waals surface area contributed by atoms with Crippen LogP contribution in [-0.4, -0.2) is 62.3 Å². The fraction of sp³-hybridized carbons (Fsp3) is 0.474. The summed E-state index contributed by atoms with van der Waals surface area (Å²) in [5.74, 6) is -1.74. The average molecular weight is 410 g/mol. The molecule has 0 N–H and O–H groups in total. The summed E-state index contributed by atoms with van der Waals surface area (Å²) < 4.78 is 45.3. The highest BCUT2D eigenvalue weighted by Crippen LogP contribution is 2.21. The zero-order valence-corrected chi connectivity index (χ0v) is 16.2. The molecule has 1 saturated heterocycles. The van der Waals surface area contributed by atoms with Crippen molar-refractivity contribution < 1.29 is 27.1 Å². The van der Waals surface area contributed by atoms with E-state index in [9.17, 15) is 22.4 Å². The van der Waals surface area contributed by atoms with Crippen LogP contribution in [0.3, 0.4) is 0 Å². The molecule has 1 atom stereocenters. The predicted octanol–water partition coefficient (Wildman–Crippen LogP) is 1.56. The van der Waals surface area contributed by atoms with E-state index < -0.39 is 15.8 Å². The first-order chi connectivity index (χ1) is 13.4. The first kappa shape index (κ1) is 20.5. The Labute approximate surface area is 163 Å². The number of sulfonamides is 1. The lowest BCUT2D eigenvalue weighted by Crippen LogP contribution is -2.51. The van der Waals surface area contributed by atoms with Crippen LogP contribution in [0.25, 0.3) is 0 Å². The van der Waals surface area contributed by atoms with Gasteiger partial charge in [0.1, 0.15) is 10.7 Å². The van der Waals surface area contributed by atoms with Gasteiger partial charge in [-0.15, -0.1) is 0 Å². The van der Waals surface area contributed by atoms with Crippen molar-refractivity contribution >= 4 is 21.9 Å². The topological polar surface area (TPSA) is 84.0 Å². The fourth-order valence-electron chi connectivity index (χ4n) is 3.32. The number of allylic oxidation sites excluding steroid dienone is 2. The fourth-order valence-corrected chi connectivity index (χ4v) is 4.81. The predicted molar refractivity (Wildman–Crippen MR) is 99.2 cm³/mol. The maximum Gasteiger partial charge on any atom is 0.309 e. The molecule has 1 amide bonds. The van der Waals surface area contributed by atoms with Crippen LogP contribution < -0.4 is 0 Å². The standard InChI is InChI=1S/C19H23FN2O5S/c20-16-8-4-5-9-17(16)28(25,26)22-12-10-21(11-13-22)18(23)14-27-19(24)15-6-2-1-3-7-15/h1-2,4-5,8-9,15H,3,6-7,10-14H2/t15-/m0/s1. The molecule has 0 bridgehead atoms. The number of carbonyl (C=O) groups excluding carboxylic acids is 2. The van der Waals surface area contributed by atoms with Crippen LogP contribution in [0.4, 0.5) is 4.39 Å². The molecule has 9 heteroatoms. The van der Waals surface area contributed by atoms with Crippen LogP contribution in [0.1, 0.15) is 19.3 Å². The Balaban J connectivity index is 1.50. The van der Waals surface area contributed by atoms with Crippen molar-refractivity contribution in [3.05, 3.63) is 42.2 Å². The van der Waals surface area contributed by atoms with Gasteiger partial charge in [0, 0.05) is 26.2 Å². The first-order valence-electron chi connectivity index (χ1n) is 9.23. The molecule has 28 heavy (non-hydrogen) atoms. The number of amides is 1. The molecule has 7 nitrogen and oxygen atoms in total. The van der Waals surface area contributed by atoms with E-state index >= 15 is 0 Å². The number of piperazine rings is 1. The van der Waals surface area contributed by atoms with E-state index in [1.807, 2.05) is 12.2 Å². The van der Waals surface area contributed by atoms with Gasteiger partial charge in [-0.3, -0.25) is 9.59 Å². The van der Waals surface area contributed by atoms with Crippen LogP contribution in [-0.2, 0) is 24.3 Å². The number of halogens is 1. The summed E-state index contributed by atoms with van der Waals surface area (Å²) in [5.41, 5.74) is 0. The van der Waals surface area contributed by atoms with Gasteiger partial charge in [0.25, 0.3) is 5.91 Å². The second-order valence-electron chi connectivity index (χ2n) is 6.80. The molecule has 0 aromatic heterocycles. The molecule has 0 saturated carbocycles. The van der Waals surface area contributed by atoms with E-state index in [2.05, 4.69) is 0 Å². The van der Waals surface area contributed by atoms with Crippen molar-refractivity contribution in [3.63, 3.8) is 0 Å². The summed E-state index contributed by atoms with van der Waals surface area (Å²) in [5, 5.41) is 0. The molecule has 2 aliphatic rings. The Morgan fingerprint density at radius 3 is 2.46 bits per heavy atom. The first-order valence-corrected chi connectivity index (χ1v) is 10.7. The van der Waals surface area contributed by atoms with Gasteiger partial charge in [-0.2, -0.15) is 4.31 Å². The molecule has 1 fully saturated rings. The summed E-state index contributed by atoms with van der Waals surface area (Å²) >= 11 is 0. The minimum Gasteiger partial charge on any atom is -0.455 e. The molecule has 3 rings (SSSR count). The van der Waals surface area contributed by atoms with Crippen molar-refractivity contribution in [2.75, 3.05) is 32.8 Å². The molecule has 1 heterocycles. The van der Waals surface area contributed by atoms with E-state index in [-0.39, 0.29) is 55.5 Å². The van der Waals surface area contributed by atoms with Crippen LogP contribution in [0, 0.1) is 11.7 Å². The monoisotopic (exact) mass is 410 g/mol. The summed E-state index contributed by atoms with van der Waals surface area (Å²) in [4.78, 5) is 25.4. The maximum absolute atomic E-state index is 13.9. The molecule has 1 aromatic rings. The second kappa shape index (κ2) is 8.83. The lowest BCUT2D eigenvalue weighted by atomic mass is 9.95. The normalized spacial score (nSPS) is 20.8. The molecular weight excluding hydrogens is 387 g/mol. The number of esters is 1. The SMILES string of the molecule is O=C(OCC(=O)N1CCN(S(=O)(=O)c2ccccc2F)CC1)[C@H]1CC=CCC1. The Morgan fingerprint density at radius 1 is 1.11 bits per heavy atom. The molecule has 1 aliphatic heterocycles. The number of rotatable bonds is 5. The van der Waals surface area contributed by atoms with Gasteiger partial charge in [-0.25, -0.2) is 12.8 Å². The zero-order valence-electron chi connectivity index (χ0n) is 15.4. The number of hydrogen-bond acceptors (Lipinski definition) is 5. The van der Waals surface area contributed by atoms with Crippen molar-refractivity contribution in [1.82, 2.24) is 9.21 Å². The molecule has 1 aromatic carbocycles. The second-order valence-corrected chi connectivity index (χ2v) is 8.71. The minimum atomic E-state index is -3.95. The van der Waals surface area contributed by atoms with Crippen LogP contribution in [0.15, 0.2) is 41.3 Å². The smallest absolute Gasteiger partial charge is 0.309 e. The number of hydrogen-bond donors (Lipinski definition) is 0. The van der Waals surface area contributed by atoms with Gasteiger partial charge in [-0.1, -0.05) is 24.3 Å². The lowest BCUT2D eigenvalue weighted by molar-refractivity contribution is -0.156. The third-order valence-electron chi connectivity index (χ3n) is 4.99. The van der Waals surface area contributed by atoms with Crippen LogP contribution in [0.2, 0.25) is 0 Å². The lowest BCUT2D eigenvalue weighted by Gasteiger charge is -2.34. The minimum absolute atomic E-state index is 0.0593. The number of benzene rings is 1. The molecule has 0 unspecified atom stereocenters. The number of nitrogens with zero attached hydrogens (tertiary/aromatic N) is 2. The van der Waals surface area contributed by atoms with E-state index in [4.69, 9.17) is 4.74 Å². The summed E-state index contributed by atoms with van der Waals surface area (Å²) in [6.45, 7) is 0.0964. The Morgan fingerprint density at radius 2 is 1.82 bits per heavy atom. The van der Waals surface area contributed by atoms with Gasteiger partial charge < -0.3 is 9.64 Å². The molecular formula is C19H23FN2O5S. The van der Waals surface area contributed by atoms with Gasteiger partial charge >= 0.3 is 5.97 Å². The quantitative estimate of drug-likeness (QED) is 0.543. The molecule has 0 radical (unpaired) electrons. The van der Waals surface area contributed by atoms with Gasteiger partial charge in [0.2, 0.25) is 10.0 Å². The van der Waals surface area contributed by atoms with E-state index in [0.717, 1.165) is 23.2 Å². The maximum atomic E-state index is 13.9. The highest BCUT2D eigenvalue weighted by molar-refractivity contribution is 7.89. The van der Waals surface area contributed by atoms with Crippen molar-refractivity contribution in [1.29, 1.82) is 0 Å². The van der Waals surface area contributed by atoms with Gasteiger partial charge in [0.15, 0.2) is 6.61 Å². The molecule has 0 spiro atoms. The van der Waals surface area contributed by atoms with Crippen molar-refractivity contribution in [3.8, 4) is 0 Å². The van der Waals surface area contributed by atoms with E-state index in [1.165, 1.54) is 23.1 Å². The van der Waals surface area contributed by atoms with Crippen LogP contribution in [0.5, 0.6) is 0 Å². The van der Waals surface area contributed by atoms with Crippen molar-refractivity contribution in [2.45, 2.75) is 24.2 Å². The number of carbonyl (C=O) groups is 2. The Kier molecular flexibility index (Phi) is 6.46. The third-order valence-corrected chi connectivity index (χ3v) is 6.92.